The van der Waals surface area contributed by atoms with E-state index in [0.717, 1.165) is 4.31 Å². The molecule has 1 aromatic rings. The van der Waals surface area contributed by atoms with Crippen LogP contribution in [0.4, 0.5) is 5.69 Å². The maximum Gasteiger partial charge on any atom is 0.253 e. The van der Waals surface area contributed by atoms with Crippen LogP contribution in [0.5, 0.6) is 11.5 Å². The Balaban J connectivity index is 2.02. The molecule has 1 heterocycles. The van der Waals surface area contributed by atoms with E-state index < -0.39 is 15.9 Å². The van der Waals surface area contributed by atoms with Crippen molar-refractivity contribution in [2.24, 2.45) is 0 Å². The first-order valence-corrected chi connectivity index (χ1v) is 7.79. The average molecular weight is 315 g/mol. The Kier molecular flexibility index (Phi) is 4.24. The molecule has 0 saturated heterocycles. The molecular formula is C12H17N3O5S. The quantitative estimate of drug-likeness (QED) is 0.717. The smallest absolute Gasteiger partial charge is 0.253 e. The Labute approximate surface area is 122 Å². The predicted octanol–water partition coefficient (Wildman–Crippen LogP) is -0.381. The number of hydrogen-bond acceptors (Lipinski definition) is 6. The Morgan fingerprint density at radius 1 is 1.33 bits per heavy atom. The van der Waals surface area contributed by atoms with Crippen molar-refractivity contribution in [2.45, 2.75) is 0 Å². The molecule has 0 aliphatic carbocycles. The molecule has 0 radical (unpaired) electrons. The highest BCUT2D eigenvalue weighted by Crippen LogP contribution is 2.35. The summed E-state index contributed by atoms with van der Waals surface area (Å²) in [7, 11) is -0.478. The fourth-order valence-electron chi connectivity index (χ4n) is 1.73. The highest BCUT2D eigenvalue weighted by Gasteiger charge is 2.20. The van der Waals surface area contributed by atoms with Crippen LogP contribution in [0.2, 0.25) is 0 Å². The van der Waals surface area contributed by atoms with Gasteiger partial charge >= 0.3 is 0 Å². The third-order valence-corrected chi connectivity index (χ3v) is 4.82. The van der Waals surface area contributed by atoms with Crippen molar-refractivity contribution in [3.8, 4) is 11.5 Å². The van der Waals surface area contributed by atoms with Gasteiger partial charge in [0.05, 0.1) is 11.3 Å². The van der Waals surface area contributed by atoms with E-state index in [1.54, 1.807) is 0 Å². The molecule has 1 aromatic carbocycles. The number of anilines is 1. The first kappa shape index (κ1) is 15.4. The molecule has 116 valence electrons. The van der Waals surface area contributed by atoms with Gasteiger partial charge in [-0.2, -0.15) is 0 Å². The standard InChI is InChI=1S/C12H17N3O5S/c1-15(2)21(17,18)4-3-14-12(16)8-5-10-11(6-9(8)13)20-7-19-10/h5-6H,3-4,7,13H2,1-2H3,(H,14,16). The number of carbonyl (C=O) groups excluding carboxylic acids is 1. The van der Waals surface area contributed by atoms with Crippen molar-refractivity contribution in [2.75, 3.05) is 38.9 Å². The molecule has 1 aliphatic rings. The van der Waals surface area contributed by atoms with Crippen LogP contribution < -0.4 is 20.5 Å². The van der Waals surface area contributed by atoms with Gasteiger partial charge in [-0.25, -0.2) is 12.7 Å². The lowest BCUT2D eigenvalue weighted by molar-refractivity contribution is 0.0956. The van der Waals surface area contributed by atoms with E-state index in [4.69, 9.17) is 15.2 Å². The van der Waals surface area contributed by atoms with Gasteiger partial charge in [-0.1, -0.05) is 0 Å². The van der Waals surface area contributed by atoms with Crippen molar-refractivity contribution in [3.63, 3.8) is 0 Å². The van der Waals surface area contributed by atoms with Crippen LogP contribution in [0.25, 0.3) is 0 Å². The minimum Gasteiger partial charge on any atom is -0.454 e. The molecule has 2 rings (SSSR count). The van der Waals surface area contributed by atoms with Gasteiger partial charge in [-0.05, 0) is 6.07 Å². The second kappa shape index (κ2) is 5.78. The van der Waals surface area contributed by atoms with E-state index in [2.05, 4.69) is 5.32 Å². The van der Waals surface area contributed by atoms with Crippen LogP contribution in [-0.4, -0.2) is 51.8 Å². The van der Waals surface area contributed by atoms with Crippen LogP contribution in [0, 0.1) is 0 Å². The molecule has 3 N–H and O–H groups in total. The molecule has 0 atom stereocenters. The fraction of sp³-hybridized carbons (Fsp3) is 0.417. The third kappa shape index (κ3) is 3.37. The maximum absolute atomic E-state index is 12.0. The normalized spacial score (nSPS) is 13.5. The highest BCUT2D eigenvalue weighted by atomic mass is 32.2. The molecule has 1 amide bonds. The summed E-state index contributed by atoms with van der Waals surface area (Å²) >= 11 is 0. The number of carbonyl (C=O) groups is 1. The lowest BCUT2D eigenvalue weighted by Crippen LogP contribution is -2.34. The number of rotatable bonds is 5. The fourth-order valence-corrected chi connectivity index (χ4v) is 2.45. The number of nitrogens with two attached hydrogens (primary N) is 1. The van der Waals surface area contributed by atoms with E-state index in [0.29, 0.717) is 11.5 Å². The van der Waals surface area contributed by atoms with Gasteiger partial charge in [0, 0.05) is 32.4 Å². The zero-order valence-electron chi connectivity index (χ0n) is 11.8. The summed E-state index contributed by atoms with van der Waals surface area (Å²) in [6.07, 6.45) is 0. The lowest BCUT2D eigenvalue weighted by atomic mass is 10.1. The molecule has 0 fully saturated rings. The van der Waals surface area contributed by atoms with E-state index >= 15 is 0 Å². The van der Waals surface area contributed by atoms with Gasteiger partial charge in [0.2, 0.25) is 16.8 Å². The van der Waals surface area contributed by atoms with E-state index in [9.17, 15) is 13.2 Å². The number of nitrogens with zero attached hydrogens (tertiary/aromatic N) is 1. The van der Waals surface area contributed by atoms with Gasteiger partial charge in [0.25, 0.3) is 5.91 Å². The Morgan fingerprint density at radius 3 is 2.57 bits per heavy atom. The summed E-state index contributed by atoms with van der Waals surface area (Å²) in [5, 5.41) is 2.52. The largest absolute Gasteiger partial charge is 0.454 e. The minimum absolute atomic E-state index is 0.00672. The first-order chi connectivity index (χ1) is 9.81. The number of nitrogen functional groups attached to an aromatic ring is 1. The van der Waals surface area contributed by atoms with E-state index in [1.807, 2.05) is 0 Å². The molecule has 0 unspecified atom stereocenters. The SMILES string of the molecule is CN(C)S(=O)(=O)CCNC(=O)c1cc2c(cc1N)OCO2. The van der Waals surface area contributed by atoms with Crippen LogP contribution in [0.1, 0.15) is 10.4 Å². The molecular weight excluding hydrogens is 298 g/mol. The summed E-state index contributed by atoms with van der Waals surface area (Å²) in [4.78, 5) is 12.0. The average Bonchev–Trinajstić information content (AvgIpc) is 2.84. The Bertz CT molecular complexity index is 657. The number of benzene rings is 1. The van der Waals surface area contributed by atoms with Crippen LogP contribution in [-0.2, 0) is 10.0 Å². The molecule has 1 aliphatic heterocycles. The number of nitrogens with one attached hydrogen (secondary N) is 1. The van der Waals surface area contributed by atoms with Crippen molar-refractivity contribution >= 4 is 21.6 Å². The van der Waals surface area contributed by atoms with Gasteiger partial charge in [-0.3, -0.25) is 4.79 Å². The minimum atomic E-state index is -3.35. The van der Waals surface area contributed by atoms with Crippen LogP contribution in [0.3, 0.4) is 0 Å². The van der Waals surface area contributed by atoms with Crippen molar-refractivity contribution in [1.29, 1.82) is 0 Å². The summed E-state index contributed by atoms with van der Waals surface area (Å²) < 4.78 is 34.6. The molecule has 0 bridgehead atoms. The Hall–Kier alpha value is -2.00. The maximum atomic E-state index is 12.0. The number of fused-ring (bicyclic) bond motifs is 1. The Morgan fingerprint density at radius 2 is 1.95 bits per heavy atom. The summed E-state index contributed by atoms with van der Waals surface area (Å²) in [5.41, 5.74) is 6.24. The van der Waals surface area contributed by atoms with E-state index in [1.165, 1.54) is 26.2 Å². The van der Waals surface area contributed by atoms with Gasteiger partial charge in [0.1, 0.15) is 0 Å². The molecule has 9 heteroatoms. The second-order valence-electron chi connectivity index (χ2n) is 4.65. The summed E-state index contributed by atoms with van der Waals surface area (Å²) in [6, 6.07) is 2.99. The number of sulfonamides is 1. The van der Waals surface area contributed by atoms with Gasteiger partial charge in [-0.15, -0.1) is 0 Å². The lowest BCUT2D eigenvalue weighted by Gasteiger charge is -2.12. The molecule has 0 spiro atoms. The highest BCUT2D eigenvalue weighted by molar-refractivity contribution is 7.89. The molecule has 0 aromatic heterocycles. The van der Waals surface area contributed by atoms with Gasteiger partial charge < -0.3 is 20.5 Å². The number of hydrogen-bond donors (Lipinski definition) is 2. The van der Waals surface area contributed by atoms with Crippen LogP contribution in [0.15, 0.2) is 12.1 Å². The zero-order valence-corrected chi connectivity index (χ0v) is 12.6. The second-order valence-corrected chi connectivity index (χ2v) is 6.95. The van der Waals surface area contributed by atoms with Gasteiger partial charge in [0.15, 0.2) is 11.5 Å². The van der Waals surface area contributed by atoms with Crippen molar-refractivity contribution < 1.29 is 22.7 Å². The predicted molar refractivity (Wildman–Crippen MR) is 76.8 cm³/mol. The van der Waals surface area contributed by atoms with Crippen molar-refractivity contribution in [3.05, 3.63) is 17.7 Å². The monoisotopic (exact) mass is 315 g/mol. The summed E-state index contributed by atoms with van der Waals surface area (Å²) in [6.45, 7) is 0.0775. The summed E-state index contributed by atoms with van der Waals surface area (Å²) in [5.74, 6) is 0.283. The van der Waals surface area contributed by atoms with Crippen molar-refractivity contribution in [1.82, 2.24) is 9.62 Å². The van der Waals surface area contributed by atoms with E-state index in [-0.39, 0.29) is 30.3 Å². The molecule has 0 saturated carbocycles. The molecule has 21 heavy (non-hydrogen) atoms. The topological polar surface area (TPSA) is 111 Å². The molecule has 8 nitrogen and oxygen atoms in total. The third-order valence-electron chi connectivity index (χ3n) is 2.99. The zero-order chi connectivity index (χ0) is 15.6. The number of ether oxygens (including phenoxy) is 2. The number of amides is 1. The first-order valence-electron chi connectivity index (χ1n) is 6.19. The van der Waals surface area contributed by atoms with Crippen LogP contribution >= 0.6 is 0 Å².